The highest BCUT2D eigenvalue weighted by atomic mass is 32.1. The van der Waals surface area contributed by atoms with Crippen molar-refractivity contribution in [2.75, 3.05) is 0 Å². The Balaban J connectivity index is 1.56. The molecule has 1 N–H and O–H groups in total. The average molecular weight is 252 g/mol. The first-order valence-corrected chi connectivity index (χ1v) is 6.80. The molecule has 3 fully saturated rings. The van der Waals surface area contributed by atoms with Crippen LogP contribution in [0.25, 0.3) is 0 Å². The molecule has 1 heterocycles. The van der Waals surface area contributed by atoms with Crippen molar-refractivity contribution in [3.8, 4) is 0 Å². The van der Waals surface area contributed by atoms with Crippen LogP contribution in [0, 0.1) is 0 Å². The Bertz CT molecular complexity index is 422. The molecule has 3 aliphatic carbocycles. The summed E-state index contributed by atoms with van der Waals surface area (Å²) < 4.78 is 5.11. The molecule has 0 radical (unpaired) electrons. The molecule has 0 spiro atoms. The SMILES string of the molecule is CC(C)OC(=O)NC12CC(c3nccs3)(C1)C2. The smallest absolute Gasteiger partial charge is 0.407 e. The number of carbonyl (C=O) groups excluding carboxylic acids is 1. The number of hydrogen-bond donors (Lipinski definition) is 1. The number of amides is 1. The highest BCUT2D eigenvalue weighted by molar-refractivity contribution is 7.09. The van der Waals surface area contributed by atoms with Crippen molar-refractivity contribution in [1.82, 2.24) is 10.3 Å². The van der Waals surface area contributed by atoms with Gasteiger partial charge in [-0.1, -0.05) is 0 Å². The van der Waals surface area contributed by atoms with Gasteiger partial charge >= 0.3 is 6.09 Å². The Morgan fingerprint density at radius 2 is 2.24 bits per heavy atom. The normalized spacial score (nSPS) is 33.8. The molecule has 0 aliphatic heterocycles. The van der Waals surface area contributed by atoms with Crippen molar-refractivity contribution in [2.45, 2.75) is 50.2 Å². The summed E-state index contributed by atoms with van der Waals surface area (Å²) in [5.74, 6) is 0. The summed E-state index contributed by atoms with van der Waals surface area (Å²) in [6.07, 6.45) is 4.55. The maximum absolute atomic E-state index is 11.5. The minimum Gasteiger partial charge on any atom is -0.447 e. The van der Waals surface area contributed by atoms with Crippen LogP contribution < -0.4 is 5.32 Å². The van der Waals surface area contributed by atoms with Gasteiger partial charge < -0.3 is 10.1 Å². The third kappa shape index (κ3) is 1.64. The van der Waals surface area contributed by atoms with E-state index in [9.17, 15) is 4.79 Å². The predicted molar refractivity (Wildman–Crippen MR) is 65.1 cm³/mol. The predicted octanol–water partition coefficient (Wildman–Crippen LogP) is 2.45. The van der Waals surface area contributed by atoms with E-state index in [1.54, 1.807) is 11.3 Å². The molecule has 0 atom stereocenters. The topological polar surface area (TPSA) is 51.2 Å². The molecule has 4 nitrogen and oxygen atoms in total. The van der Waals surface area contributed by atoms with Crippen LogP contribution in [0.2, 0.25) is 0 Å². The Labute approximate surface area is 104 Å². The van der Waals surface area contributed by atoms with Crippen LogP contribution >= 0.6 is 11.3 Å². The molecule has 5 heteroatoms. The second kappa shape index (κ2) is 3.45. The van der Waals surface area contributed by atoms with Gasteiger partial charge in [-0.3, -0.25) is 0 Å². The molecule has 4 rings (SSSR count). The highest BCUT2D eigenvalue weighted by Gasteiger charge is 2.70. The number of nitrogens with one attached hydrogen (secondary N) is 1. The summed E-state index contributed by atoms with van der Waals surface area (Å²) >= 11 is 1.72. The van der Waals surface area contributed by atoms with Crippen molar-refractivity contribution in [3.63, 3.8) is 0 Å². The molecular formula is C12H16N2O2S. The first kappa shape index (κ1) is 11.0. The summed E-state index contributed by atoms with van der Waals surface area (Å²) in [5, 5.41) is 6.23. The molecule has 3 saturated carbocycles. The van der Waals surface area contributed by atoms with E-state index in [2.05, 4.69) is 10.3 Å². The van der Waals surface area contributed by atoms with Crippen LogP contribution in [-0.4, -0.2) is 22.7 Å². The van der Waals surface area contributed by atoms with Crippen molar-refractivity contribution in [2.24, 2.45) is 0 Å². The number of hydrogen-bond acceptors (Lipinski definition) is 4. The molecule has 3 aliphatic rings. The molecule has 0 aromatic carbocycles. The van der Waals surface area contributed by atoms with Gasteiger partial charge in [0, 0.05) is 22.5 Å². The molecule has 1 aromatic rings. The Kier molecular flexibility index (Phi) is 2.23. The van der Waals surface area contributed by atoms with Gasteiger partial charge in [0.05, 0.1) is 11.1 Å². The van der Waals surface area contributed by atoms with E-state index >= 15 is 0 Å². The number of aromatic nitrogens is 1. The minimum absolute atomic E-state index is 0.00234. The van der Waals surface area contributed by atoms with Crippen molar-refractivity contribution in [3.05, 3.63) is 16.6 Å². The van der Waals surface area contributed by atoms with E-state index in [0.29, 0.717) is 0 Å². The summed E-state index contributed by atoms with van der Waals surface area (Å²) in [4.78, 5) is 15.9. The first-order valence-electron chi connectivity index (χ1n) is 5.92. The van der Waals surface area contributed by atoms with E-state index in [1.165, 1.54) is 5.01 Å². The van der Waals surface area contributed by atoms with Gasteiger partial charge in [-0.25, -0.2) is 9.78 Å². The maximum Gasteiger partial charge on any atom is 0.407 e. The lowest BCUT2D eigenvalue weighted by atomic mass is 9.39. The minimum atomic E-state index is -0.285. The summed E-state index contributed by atoms with van der Waals surface area (Å²) in [6.45, 7) is 3.72. The van der Waals surface area contributed by atoms with Crippen LogP contribution in [0.1, 0.15) is 38.1 Å². The van der Waals surface area contributed by atoms with E-state index < -0.39 is 0 Å². The summed E-state index contributed by atoms with van der Waals surface area (Å²) in [6, 6.07) is 0. The molecular weight excluding hydrogens is 236 g/mol. The molecule has 92 valence electrons. The van der Waals surface area contributed by atoms with Crippen LogP contribution in [0.15, 0.2) is 11.6 Å². The monoisotopic (exact) mass is 252 g/mol. The highest BCUT2D eigenvalue weighted by Crippen LogP contribution is 2.68. The quantitative estimate of drug-likeness (QED) is 0.899. The van der Waals surface area contributed by atoms with Gasteiger partial charge in [0.1, 0.15) is 0 Å². The number of carbonyl (C=O) groups is 1. The van der Waals surface area contributed by atoms with Gasteiger partial charge in [0.25, 0.3) is 0 Å². The van der Waals surface area contributed by atoms with Crippen LogP contribution in [0.3, 0.4) is 0 Å². The van der Waals surface area contributed by atoms with Gasteiger partial charge in [-0.15, -0.1) is 11.3 Å². The molecule has 1 amide bonds. The molecule has 17 heavy (non-hydrogen) atoms. The lowest BCUT2D eigenvalue weighted by molar-refractivity contribution is -0.0853. The molecule has 2 bridgehead atoms. The van der Waals surface area contributed by atoms with Gasteiger partial charge in [-0.05, 0) is 33.1 Å². The third-order valence-electron chi connectivity index (χ3n) is 3.63. The van der Waals surface area contributed by atoms with Crippen molar-refractivity contribution >= 4 is 17.4 Å². The summed E-state index contributed by atoms with van der Waals surface area (Å²) in [5.41, 5.74) is 0.261. The molecule has 1 aromatic heterocycles. The van der Waals surface area contributed by atoms with E-state index in [1.807, 2.05) is 25.4 Å². The Hall–Kier alpha value is -1.10. The maximum atomic E-state index is 11.5. The van der Waals surface area contributed by atoms with E-state index in [0.717, 1.165) is 19.3 Å². The number of ether oxygens (including phenoxy) is 1. The lowest BCUT2D eigenvalue weighted by Crippen LogP contribution is -2.76. The number of alkyl carbamates (subject to hydrolysis) is 1. The van der Waals surface area contributed by atoms with Crippen LogP contribution in [-0.2, 0) is 10.2 Å². The van der Waals surface area contributed by atoms with Gasteiger partial charge in [0.2, 0.25) is 0 Å². The first-order chi connectivity index (χ1) is 8.04. The fourth-order valence-corrected chi connectivity index (χ4v) is 3.93. The summed E-state index contributed by atoms with van der Waals surface area (Å²) in [7, 11) is 0. The number of nitrogens with zero attached hydrogens (tertiary/aromatic N) is 1. The number of rotatable bonds is 3. The number of thiazole rings is 1. The zero-order chi connectivity index (χ0) is 12.1. The third-order valence-corrected chi connectivity index (χ3v) is 4.65. The van der Waals surface area contributed by atoms with Crippen LogP contribution in [0.5, 0.6) is 0 Å². The standard InChI is InChI=1S/C12H16N2O2S/c1-8(2)16-10(15)14-12-5-11(6-12,7-12)9-13-3-4-17-9/h3-4,8H,5-7H2,1-2H3,(H,14,15). The zero-order valence-corrected chi connectivity index (χ0v) is 10.8. The van der Waals surface area contributed by atoms with E-state index in [-0.39, 0.29) is 23.2 Å². The Morgan fingerprint density at radius 1 is 1.53 bits per heavy atom. The average Bonchev–Trinajstić information content (AvgIpc) is 2.59. The fourth-order valence-electron chi connectivity index (χ4n) is 3.09. The lowest BCUT2D eigenvalue weighted by Gasteiger charge is -2.69. The fraction of sp³-hybridized carbons (Fsp3) is 0.667. The van der Waals surface area contributed by atoms with Gasteiger partial charge in [-0.2, -0.15) is 0 Å². The van der Waals surface area contributed by atoms with Gasteiger partial charge in [0.15, 0.2) is 0 Å². The second-order valence-corrected chi connectivity index (χ2v) is 6.40. The largest absolute Gasteiger partial charge is 0.447 e. The zero-order valence-electron chi connectivity index (χ0n) is 10.0. The molecule has 0 unspecified atom stereocenters. The Morgan fingerprint density at radius 3 is 2.76 bits per heavy atom. The van der Waals surface area contributed by atoms with Crippen LogP contribution in [0.4, 0.5) is 4.79 Å². The van der Waals surface area contributed by atoms with E-state index in [4.69, 9.17) is 4.74 Å². The molecule has 0 saturated heterocycles. The van der Waals surface area contributed by atoms with Crippen molar-refractivity contribution in [1.29, 1.82) is 0 Å². The second-order valence-electron chi connectivity index (χ2n) is 5.51. The van der Waals surface area contributed by atoms with Crippen molar-refractivity contribution < 1.29 is 9.53 Å².